The lowest BCUT2D eigenvalue weighted by atomic mass is 9.97. The fourth-order valence-corrected chi connectivity index (χ4v) is 0.1000. The second kappa shape index (κ2) is 11.8. The molecule has 0 atom stereocenters. The molecule has 0 aliphatic heterocycles. The quantitative estimate of drug-likeness (QED) is 0.475. The largest absolute Gasteiger partial charge is 0.478 e. The Morgan fingerprint density at radius 2 is 1.00 bits per heavy atom. The fraction of sp³-hybridized carbons (Fsp3) is 0.786. The van der Waals surface area contributed by atoms with E-state index in [1.807, 2.05) is 0 Å². The van der Waals surface area contributed by atoms with Gasteiger partial charge in [-0.25, -0.2) is 4.79 Å². The Kier molecular flexibility index (Phi) is 14.3. The van der Waals surface area contributed by atoms with Gasteiger partial charge < -0.3 is 25.5 Å². The maximum atomic E-state index is 9.60. The van der Waals surface area contributed by atoms with Crippen molar-refractivity contribution in [1.29, 1.82) is 0 Å². The molecular weight excluding hydrogens is 264 g/mol. The lowest BCUT2D eigenvalue weighted by Crippen LogP contribution is -2.20. The summed E-state index contributed by atoms with van der Waals surface area (Å²) in [6.45, 7) is 12.0. The lowest BCUT2D eigenvalue weighted by Gasteiger charge is -2.16. The van der Waals surface area contributed by atoms with Gasteiger partial charge in [-0.2, -0.15) is 0 Å². The summed E-state index contributed by atoms with van der Waals surface area (Å²) in [7, 11) is 0. The van der Waals surface area contributed by atoms with E-state index in [-0.39, 0.29) is 42.8 Å². The maximum absolute atomic E-state index is 9.60. The second-order valence-electron chi connectivity index (χ2n) is 6.05. The smallest absolute Gasteiger partial charge is 0.330 e. The SMILES string of the molecule is C=C(C)C(=O)O.CC(C)(CO)CO.CC(C)(CO)CO. The second-order valence-corrected chi connectivity index (χ2v) is 6.05. The monoisotopic (exact) mass is 294 g/mol. The number of aliphatic hydroxyl groups excluding tert-OH is 4. The Labute approximate surface area is 121 Å². The molecule has 0 unspecified atom stereocenters. The number of carboxylic acids is 1. The zero-order valence-electron chi connectivity index (χ0n) is 13.2. The summed E-state index contributed by atoms with van der Waals surface area (Å²) in [5, 5.41) is 41.6. The van der Waals surface area contributed by atoms with Gasteiger partial charge >= 0.3 is 5.97 Å². The number of hydrogen-bond acceptors (Lipinski definition) is 5. The zero-order chi connectivity index (χ0) is 17.0. The van der Waals surface area contributed by atoms with Crippen molar-refractivity contribution in [3.8, 4) is 0 Å². The van der Waals surface area contributed by atoms with Crippen molar-refractivity contribution in [2.45, 2.75) is 34.6 Å². The molecule has 0 rings (SSSR count). The summed E-state index contributed by atoms with van der Waals surface area (Å²) in [5.41, 5.74) is -0.435. The molecule has 0 amide bonds. The summed E-state index contributed by atoms with van der Waals surface area (Å²) in [6, 6.07) is 0. The Balaban J connectivity index is -0.000000218. The minimum absolute atomic E-state index is 0.0451. The van der Waals surface area contributed by atoms with E-state index < -0.39 is 5.97 Å². The molecule has 20 heavy (non-hydrogen) atoms. The van der Waals surface area contributed by atoms with E-state index in [4.69, 9.17) is 25.5 Å². The minimum Gasteiger partial charge on any atom is -0.478 e. The van der Waals surface area contributed by atoms with Crippen LogP contribution in [0, 0.1) is 10.8 Å². The van der Waals surface area contributed by atoms with Crippen molar-refractivity contribution in [1.82, 2.24) is 0 Å². The molecule has 0 aliphatic carbocycles. The molecule has 6 heteroatoms. The molecule has 5 N–H and O–H groups in total. The van der Waals surface area contributed by atoms with E-state index in [0.717, 1.165) is 0 Å². The summed E-state index contributed by atoms with van der Waals surface area (Å²) in [5.74, 6) is -0.935. The van der Waals surface area contributed by atoms with Gasteiger partial charge in [-0.1, -0.05) is 34.3 Å². The average molecular weight is 294 g/mol. The van der Waals surface area contributed by atoms with Crippen LogP contribution in [0.4, 0.5) is 0 Å². The van der Waals surface area contributed by atoms with Crippen LogP contribution >= 0.6 is 0 Å². The maximum Gasteiger partial charge on any atom is 0.330 e. The first-order valence-electron chi connectivity index (χ1n) is 6.21. The molecular formula is C14H30O6. The van der Waals surface area contributed by atoms with Gasteiger partial charge in [-0.3, -0.25) is 0 Å². The van der Waals surface area contributed by atoms with Gasteiger partial charge in [0.2, 0.25) is 0 Å². The predicted molar refractivity (Wildman–Crippen MR) is 78.4 cm³/mol. The summed E-state index contributed by atoms with van der Waals surface area (Å²) < 4.78 is 0. The first kappa shape index (κ1) is 24.1. The summed E-state index contributed by atoms with van der Waals surface area (Å²) in [6.07, 6.45) is 0. The molecule has 0 fully saturated rings. The third-order valence-corrected chi connectivity index (χ3v) is 2.08. The van der Waals surface area contributed by atoms with Gasteiger partial charge in [0.1, 0.15) is 0 Å². The van der Waals surface area contributed by atoms with Crippen LogP contribution in [0.25, 0.3) is 0 Å². The van der Waals surface area contributed by atoms with Gasteiger partial charge in [0.05, 0.1) is 26.4 Å². The highest BCUT2D eigenvalue weighted by Crippen LogP contribution is 2.10. The van der Waals surface area contributed by atoms with E-state index in [1.165, 1.54) is 6.92 Å². The van der Waals surface area contributed by atoms with Crippen molar-refractivity contribution in [3.63, 3.8) is 0 Å². The molecule has 0 radical (unpaired) electrons. The average Bonchev–Trinajstić information content (AvgIpc) is 2.40. The number of carbonyl (C=O) groups is 1. The topological polar surface area (TPSA) is 118 Å². The van der Waals surface area contributed by atoms with Crippen molar-refractivity contribution in [3.05, 3.63) is 12.2 Å². The normalized spacial score (nSPS) is 10.7. The van der Waals surface area contributed by atoms with Crippen LogP contribution in [0.3, 0.4) is 0 Å². The molecule has 122 valence electrons. The van der Waals surface area contributed by atoms with Gasteiger partial charge in [0, 0.05) is 16.4 Å². The molecule has 0 aromatic heterocycles. The van der Waals surface area contributed by atoms with Crippen LogP contribution in [0.15, 0.2) is 12.2 Å². The third kappa shape index (κ3) is 19.4. The van der Waals surface area contributed by atoms with Crippen molar-refractivity contribution < 1.29 is 30.3 Å². The van der Waals surface area contributed by atoms with Crippen LogP contribution < -0.4 is 0 Å². The first-order chi connectivity index (χ1) is 8.89. The number of carboxylic acid groups (broad SMARTS) is 1. The standard InChI is InChI=1S/2C5H12O2.C4H6O2/c2*1-5(2,3-6)4-7;1-3(2)4(5)6/h2*6-7H,3-4H2,1-2H3;1H2,2H3,(H,5,6). The van der Waals surface area contributed by atoms with Crippen molar-refractivity contribution in [2.75, 3.05) is 26.4 Å². The Morgan fingerprint density at radius 3 is 1.00 bits per heavy atom. The molecule has 6 nitrogen and oxygen atoms in total. The van der Waals surface area contributed by atoms with Gasteiger partial charge in [-0.05, 0) is 6.92 Å². The zero-order valence-corrected chi connectivity index (χ0v) is 13.2. The van der Waals surface area contributed by atoms with E-state index in [1.54, 1.807) is 27.7 Å². The van der Waals surface area contributed by atoms with Crippen LogP contribution in [0.2, 0.25) is 0 Å². The molecule has 0 saturated heterocycles. The van der Waals surface area contributed by atoms with Crippen LogP contribution in [0.1, 0.15) is 34.6 Å². The molecule has 0 spiro atoms. The van der Waals surface area contributed by atoms with Crippen LogP contribution in [-0.4, -0.2) is 57.9 Å². The molecule has 0 heterocycles. The van der Waals surface area contributed by atoms with Gasteiger partial charge in [0.25, 0.3) is 0 Å². The van der Waals surface area contributed by atoms with E-state index in [0.29, 0.717) is 0 Å². The third-order valence-electron chi connectivity index (χ3n) is 2.08. The highest BCUT2D eigenvalue weighted by Gasteiger charge is 2.13. The number of aliphatic carboxylic acids is 1. The Morgan fingerprint density at radius 1 is 0.850 bits per heavy atom. The highest BCUT2D eigenvalue weighted by atomic mass is 16.4. The van der Waals surface area contributed by atoms with Gasteiger partial charge in [-0.15, -0.1) is 0 Å². The van der Waals surface area contributed by atoms with E-state index >= 15 is 0 Å². The number of rotatable bonds is 5. The highest BCUT2D eigenvalue weighted by molar-refractivity contribution is 5.84. The van der Waals surface area contributed by atoms with Crippen molar-refractivity contribution in [2.24, 2.45) is 10.8 Å². The van der Waals surface area contributed by atoms with E-state index in [2.05, 4.69) is 6.58 Å². The van der Waals surface area contributed by atoms with Crippen LogP contribution in [0.5, 0.6) is 0 Å². The van der Waals surface area contributed by atoms with E-state index in [9.17, 15) is 4.79 Å². The fourth-order valence-electron chi connectivity index (χ4n) is 0.1000. The predicted octanol–water partition coefficient (Wildman–Crippen LogP) is 0.642. The summed E-state index contributed by atoms with van der Waals surface area (Å²) in [4.78, 5) is 9.60. The van der Waals surface area contributed by atoms with Gasteiger partial charge in [0.15, 0.2) is 0 Å². The molecule has 0 aliphatic rings. The van der Waals surface area contributed by atoms with Crippen molar-refractivity contribution >= 4 is 5.97 Å². The minimum atomic E-state index is -0.935. The van der Waals surface area contributed by atoms with Crippen LogP contribution in [-0.2, 0) is 4.79 Å². The Hall–Kier alpha value is -0.950. The molecule has 0 saturated carbocycles. The summed E-state index contributed by atoms with van der Waals surface area (Å²) >= 11 is 0. The first-order valence-corrected chi connectivity index (χ1v) is 6.21. The number of aliphatic hydroxyl groups is 4. The molecule has 0 aromatic carbocycles. The number of hydrogen-bond donors (Lipinski definition) is 5. The molecule has 0 aromatic rings. The lowest BCUT2D eigenvalue weighted by molar-refractivity contribution is -0.132. The Bertz CT molecular complexity index is 231. The molecule has 0 bridgehead atoms.